The Hall–Kier alpha value is -3.29. The van der Waals surface area contributed by atoms with Crippen LogP contribution in [0.2, 0.25) is 0 Å². The van der Waals surface area contributed by atoms with Crippen LogP contribution in [0.15, 0.2) is 24.3 Å². The second-order valence-electron chi connectivity index (χ2n) is 6.30. The number of ether oxygens (including phenoxy) is 6. The molecule has 170 valence electrons. The maximum atomic E-state index is 12.9. The molecule has 2 aromatic rings. The van der Waals surface area contributed by atoms with Gasteiger partial charge in [0.25, 0.3) is 5.91 Å². The quantitative estimate of drug-likeness (QED) is 0.544. The number of hydrogen-bond donors (Lipinski definition) is 1. The van der Waals surface area contributed by atoms with Crippen molar-refractivity contribution in [2.45, 2.75) is 27.3 Å². The Labute approximate surface area is 183 Å². The number of nitrogens with one attached hydrogen (secondary N) is 1. The van der Waals surface area contributed by atoms with Gasteiger partial charge in [0.15, 0.2) is 23.0 Å². The smallest absolute Gasteiger partial charge is 0.251 e. The molecule has 0 spiro atoms. The molecule has 31 heavy (non-hydrogen) atoms. The van der Waals surface area contributed by atoms with Crippen molar-refractivity contribution in [1.82, 2.24) is 5.32 Å². The monoisotopic (exact) mass is 433 g/mol. The normalized spacial score (nSPS) is 10.3. The van der Waals surface area contributed by atoms with Gasteiger partial charge in [-0.05, 0) is 39.0 Å². The van der Waals surface area contributed by atoms with Crippen LogP contribution in [0.5, 0.6) is 34.5 Å². The minimum atomic E-state index is -0.290. The van der Waals surface area contributed by atoms with Crippen LogP contribution < -0.4 is 33.7 Å². The summed E-state index contributed by atoms with van der Waals surface area (Å²) in [4.78, 5) is 12.9. The van der Waals surface area contributed by atoms with Gasteiger partial charge in [0, 0.05) is 23.7 Å². The van der Waals surface area contributed by atoms with Crippen molar-refractivity contribution in [3.05, 3.63) is 35.4 Å². The minimum absolute atomic E-state index is 0.226. The van der Waals surface area contributed by atoms with Crippen LogP contribution in [0, 0.1) is 0 Å². The molecule has 2 rings (SSSR count). The first-order chi connectivity index (χ1) is 15.0. The second kappa shape index (κ2) is 11.8. The summed E-state index contributed by atoms with van der Waals surface area (Å²) in [6, 6.07) is 6.79. The second-order valence-corrected chi connectivity index (χ2v) is 6.30. The third-order valence-corrected chi connectivity index (χ3v) is 4.40. The Bertz CT molecular complexity index is 855. The summed E-state index contributed by atoms with van der Waals surface area (Å²) < 4.78 is 33.1. The molecule has 0 fully saturated rings. The van der Waals surface area contributed by atoms with Crippen LogP contribution in [0.3, 0.4) is 0 Å². The first-order valence-electron chi connectivity index (χ1n) is 10.2. The van der Waals surface area contributed by atoms with E-state index in [-0.39, 0.29) is 12.5 Å². The number of rotatable bonds is 12. The van der Waals surface area contributed by atoms with Crippen molar-refractivity contribution < 1.29 is 33.2 Å². The highest BCUT2D eigenvalue weighted by atomic mass is 16.5. The lowest BCUT2D eigenvalue weighted by Gasteiger charge is -2.17. The molecule has 2 aromatic carbocycles. The fraction of sp³-hybridized carbons (Fsp3) is 0.435. The molecule has 0 saturated heterocycles. The third-order valence-electron chi connectivity index (χ3n) is 4.40. The van der Waals surface area contributed by atoms with E-state index < -0.39 is 0 Å². The Kier molecular flexibility index (Phi) is 9.12. The van der Waals surface area contributed by atoms with Gasteiger partial charge in [0.2, 0.25) is 5.75 Å². The fourth-order valence-corrected chi connectivity index (χ4v) is 3.03. The lowest BCUT2D eigenvalue weighted by Crippen LogP contribution is -2.23. The zero-order valence-electron chi connectivity index (χ0n) is 19.0. The third kappa shape index (κ3) is 5.87. The SMILES string of the molecule is CCOc1cc(C(=O)NCc2cc(OC)c(OC)cc2OC)cc(OCC)c1OCC. The van der Waals surface area contributed by atoms with E-state index in [1.54, 1.807) is 45.6 Å². The summed E-state index contributed by atoms with van der Waals surface area (Å²) in [7, 11) is 4.66. The summed E-state index contributed by atoms with van der Waals surface area (Å²) in [6.45, 7) is 7.15. The summed E-state index contributed by atoms with van der Waals surface area (Å²) in [6.07, 6.45) is 0. The molecular formula is C23H31NO7. The van der Waals surface area contributed by atoms with E-state index in [9.17, 15) is 4.79 Å². The molecule has 0 heterocycles. The molecule has 0 atom stereocenters. The van der Waals surface area contributed by atoms with Gasteiger partial charge in [-0.25, -0.2) is 0 Å². The average molecular weight is 434 g/mol. The Balaban J connectivity index is 2.31. The predicted octanol–water partition coefficient (Wildman–Crippen LogP) is 3.84. The zero-order chi connectivity index (χ0) is 22.8. The Morgan fingerprint density at radius 2 is 1.23 bits per heavy atom. The van der Waals surface area contributed by atoms with E-state index in [4.69, 9.17) is 28.4 Å². The van der Waals surface area contributed by atoms with Gasteiger partial charge in [-0.15, -0.1) is 0 Å². The molecule has 8 nitrogen and oxygen atoms in total. The number of carbonyl (C=O) groups excluding carboxylic acids is 1. The van der Waals surface area contributed by atoms with Crippen molar-refractivity contribution in [1.29, 1.82) is 0 Å². The standard InChI is InChI=1S/C23H31NO7/c1-7-29-20-10-15(11-21(30-8-2)22(20)31-9-3)23(25)24-14-16-12-18(27-5)19(28-6)13-17(16)26-4/h10-13H,7-9,14H2,1-6H3,(H,24,25). The van der Waals surface area contributed by atoms with Crippen molar-refractivity contribution in [3.63, 3.8) is 0 Å². The van der Waals surface area contributed by atoms with Crippen molar-refractivity contribution in [3.8, 4) is 34.5 Å². The van der Waals surface area contributed by atoms with Crippen LogP contribution in [0.4, 0.5) is 0 Å². The molecule has 1 N–H and O–H groups in total. The molecule has 0 aliphatic heterocycles. The van der Waals surface area contributed by atoms with E-state index in [1.807, 2.05) is 20.8 Å². The zero-order valence-corrected chi connectivity index (χ0v) is 19.0. The van der Waals surface area contributed by atoms with Gasteiger partial charge in [-0.2, -0.15) is 0 Å². The summed E-state index contributed by atoms with van der Waals surface area (Å²) in [5.41, 5.74) is 1.14. The number of amides is 1. The van der Waals surface area contributed by atoms with Gasteiger partial charge in [-0.3, -0.25) is 4.79 Å². The number of carbonyl (C=O) groups is 1. The topological polar surface area (TPSA) is 84.5 Å². The summed E-state index contributed by atoms with van der Waals surface area (Å²) in [5.74, 6) is 2.79. The first-order valence-corrected chi connectivity index (χ1v) is 10.2. The van der Waals surface area contributed by atoms with Gasteiger partial charge in [-0.1, -0.05) is 0 Å². The van der Waals surface area contributed by atoms with E-state index in [0.717, 1.165) is 5.56 Å². The molecular weight excluding hydrogens is 402 g/mol. The molecule has 0 aliphatic carbocycles. The highest BCUT2D eigenvalue weighted by molar-refractivity contribution is 5.95. The molecule has 8 heteroatoms. The van der Waals surface area contributed by atoms with Crippen molar-refractivity contribution >= 4 is 5.91 Å². The van der Waals surface area contributed by atoms with Gasteiger partial charge >= 0.3 is 0 Å². The maximum absolute atomic E-state index is 12.9. The lowest BCUT2D eigenvalue weighted by atomic mass is 10.1. The summed E-state index contributed by atoms with van der Waals surface area (Å²) >= 11 is 0. The molecule has 0 unspecified atom stereocenters. The largest absolute Gasteiger partial charge is 0.496 e. The van der Waals surface area contributed by atoms with E-state index in [1.165, 1.54) is 0 Å². The molecule has 1 amide bonds. The number of hydrogen-bond acceptors (Lipinski definition) is 7. The fourth-order valence-electron chi connectivity index (χ4n) is 3.03. The van der Waals surface area contributed by atoms with Gasteiger partial charge in [0.05, 0.1) is 41.2 Å². The molecule has 0 saturated carbocycles. The highest BCUT2D eigenvalue weighted by Crippen LogP contribution is 2.39. The average Bonchev–Trinajstić information content (AvgIpc) is 2.78. The Morgan fingerprint density at radius 1 is 0.710 bits per heavy atom. The lowest BCUT2D eigenvalue weighted by molar-refractivity contribution is 0.0949. The first kappa shape index (κ1) is 24.0. The van der Waals surface area contributed by atoms with E-state index >= 15 is 0 Å². The van der Waals surface area contributed by atoms with Crippen LogP contribution in [0.1, 0.15) is 36.7 Å². The van der Waals surface area contributed by atoms with Crippen LogP contribution in [-0.4, -0.2) is 47.1 Å². The molecule has 0 aliphatic rings. The number of benzene rings is 2. The van der Waals surface area contributed by atoms with Gasteiger partial charge < -0.3 is 33.7 Å². The highest BCUT2D eigenvalue weighted by Gasteiger charge is 2.19. The molecule has 0 radical (unpaired) electrons. The van der Waals surface area contributed by atoms with Crippen molar-refractivity contribution in [2.24, 2.45) is 0 Å². The van der Waals surface area contributed by atoms with Crippen LogP contribution in [-0.2, 0) is 6.54 Å². The Morgan fingerprint density at radius 3 is 1.71 bits per heavy atom. The van der Waals surface area contributed by atoms with Gasteiger partial charge in [0.1, 0.15) is 5.75 Å². The van der Waals surface area contributed by atoms with E-state index in [0.29, 0.717) is 59.9 Å². The minimum Gasteiger partial charge on any atom is -0.496 e. The van der Waals surface area contributed by atoms with Crippen molar-refractivity contribution in [2.75, 3.05) is 41.2 Å². The van der Waals surface area contributed by atoms with E-state index in [2.05, 4.69) is 5.32 Å². The van der Waals surface area contributed by atoms with Crippen LogP contribution in [0.25, 0.3) is 0 Å². The summed E-state index contributed by atoms with van der Waals surface area (Å²) in [5, 5.41) is 2.90. The number of methoxy groups -OCH3 is 3. The molecule has 0 aromatic heterocycles. The molecule has 0 bridgehead atoms. The maximum Gasteiger partial charge on any atom is 0.251 e. The predicted molar refractivity (Wildman–Crippen MR) is 117 cm³/mol. The van der Waals surface area contributed by atoms with Crippen LogP contribution >= 0.6 is 0 Å².